The van der Waals surface area contributed by atoms with E-state index >= 15 is 0 Å². The van der Waals surface area contributed by atoms with E-state index in [-0.39, 0.29) is 0 Å². The predicted octanol–water partition coefficient (Wildman–Crippen LogP) is 11.3. The average Bonchev–Trinajstić information content (AvgIpc) is 3.54. The van der Waals surface area contributed by atoms with E-state index in [1.165, 1.54) is 10.8 Å². The van der Waals surface area contributed by atoms with Crippen LogP contribution in [0.2, 0.25) is 0 Å². The fourth-order valence-corrected chi connectivity index (χ4v) is 6.98. The molecule has 7 aromatic carbocycles. The lowest BCUT2D eigenvalue weighted by molar-refractivity contribution is 0.669. The number of furan rings is 1. The van der Waals surface area contributed by atoms with Crippen LogP contribution in [0.25, 0.3) is 99.7 Å². The van der Waals surface area contributed by atoms with Crippen LogP contribution in [-0.4, -0.2) is 19.9 Å². The lowest BCUT2D eigenvalue weighted by Gasteiger charge is -2.13. The van der Waals surface area contributed by atoms with Crippen LogP contribution < -0.4 is 0 Å². The van der Waals surface area contributed by atoms with Gasteiger partial charge in [0.15, 0.2) is 17.5 Å². The number of rotatable bonds is 4. The first-order chi connectivity index (χ1) is 24.3. The third kappa shape index (κ3) is 4.55. The molecule has 10 rings (SSSR count). The van der Waals surface area contributed by atoms with Gasteiger partial charge in [0, 0.05) is 33.8 Å². The largest absolute Gasteiger partial charge is 0.456 e. The molecule has 10 aromatic rings. The van der Waals surface area contributed by atoms with Gasteiger partial charge in [-0.15, -0.1) is 0 Å². The minimum absolute atomic E-state index is 0.617. The van der Waals surface area contributed by atoms with E-state index in [2.05, 4.69) is 115 Å². The van der Waals surface area contributed by atoms with Gasteiger partial charge < -0.3 is 4.42 Å². The van der Waals surface area contributed by atoms with Gasteiger partial charge in [-0.25, -0.2) is 15.0 Å². The molecule has 3 heterocycles. The zero-order valence-corrected chi connectivity index (χ0v) is 26.2. The molecule has 0 unspecified atom stereocenters. The monoisotopic (exact) mass is 626 g/mol. The summed E-state index contributed by atoms with van der Waals surface area (Å²) in [5, 5.41) is 8.77. The molecule has 0 fully saturated rings. The Morgan fingerprint density at radius 3 is 1.80 bits per heavy atom. The molecule has 0 spiro atoms. The second-order valence-electron chi connectivity index (χ2n) is 12.3. The van der Waals surface area contributed by atoms with Crippen LogP contribution in [0.5, 0.6) is 0 Å². The smallest absolute Gasteiger partial charge is 0.164 e. The normalized spacial score (nSPS) is 11.7. The first kappa shape index (κ1) is 27.4. The van der Waals surface area contributed by atoms with Crippen molar-refractivity contribution in [2.45, 2.75) is 0 Å². The number of hydrogen-bond donors (Lipinski definition) is 0. The molecule has 0 N–H and O–H groups in total. The predicted molar refractivity (Wildman–Crippen MR) is 199 cm³/mol. The maximum atomic E-state index is 6.40. The SMILES string of the molecule is c1ccc(-c2nc(-c3ccc4ccccc4c3)nc(-c3ccc(-c4nccc5oc6cc7ccccc7cc6c45)c4ccccc34)n2)cc1. The van der Waals surface area contributed by atoms with Crippen molar-refractivity contribution < 1.29 is 4.42 Å². The number of fused-ring (bicyclic) bond motifs is 6. The van der Waals surface area contributed by atoms with Gasteiger partial charge in [0.05, 0.1) is 11.1 Å². The summed E-state index contributed by atoms with van der Waals surface area (Å²) in [6.45, 7) is 0. The minimum atomic E-state index is 0.617. The van der Waals surface area contributed by atoms with E-state index in [4.69, 9.17) is 24.4 Å². The van der Waals surface area contributed by atoms with Crippen molar-refractivity contribution in [3.05, 3.63) is 158 Å². The van der Waals surface area contributed by atoms with Crippen molar-refractivity contribution in [1.29, 1.82) is 0 Å². The van der Waals surface area contributed by atoms with E-state index in [1.54, 1.807) is 0 Å². The van der Waals surface area contributed by atoms with Gasteiger partial charge in [-0.3, -0.25) is 4.98 Å². The van der Waals surface area contributed by atoms with E-state index < -0.39 is 0 Å². The molecular formula is C44H26N4O. The summed E-state index contributed by atoms with van der Waals surface area (Å²) in [4.78, 5) is 20.1. The fraction of sp³-hybridized carbons (Fsp3) is 0. The second-order valence-corrected chi connectivity index (χ2v) is 12.3. The standard InChI is InChI=1S/C44H26N4O/c1-2-11-28(12-3-1)42-46-43(32-19-18-27-10-4-5-13-29(27)24-32)48-44(47-42)36-21-20-35(33-16-8-9-17-34(33)36)41-40-37-25-30-14-6-7-15-31(30)26-39(37)49-38(40)22-23-45-41/h1-26H. The fourth-order valence-electron chi connectivity index (χ4n) is 6.98. The molecule has 0 amide bonds. The quantitative estimate of drug-likeness (QED) is 0.194. The highest BCUT2D eigenvalue weighted by Gasteiger charge is 2.20. The lowest BCUT2D eigenvalue weighted by atomic mass is 9.95. The summed E-state index contributed by atoms with van der Waals surface area (Å²) >= 11 is 0. The first-order valence-corrected chi connectivity index (χ1v) is 16.3. The van der Waals surface area contributed by atoms with Gasteiger partial charge in [0.2, 0.25) is 0 Å². The van der Waals surface area contributed by atoms with Crippen LogP contribution in [0, 0.1) is 0 Å². The molecule has 0 atom stereocenters. The van der Waals surface area contributed by atoms with Gasteiger partial charge in [-0.05, 0) is 62.6 Å². The van der Waals surface area contributed by atoms with Crippen molar-refractivity contribution in [1.82, 2.24) is 19.9 Å². The summed E-state index contributed by atoms with van der Waals surface area (Å²) in [7, 11) is 0. The van der Waals surface area contributed by atoms with Crippen molar-refractivity contribution in [2.24, 2.45) is 0 Å². The van der Waals surface area contributed by atoms with E-state index in [0.717, 1.165) is 71.4 Å². The van der Waals surface area contributed by atoms with Crippen molar-refractivity contribution in [2.75, 3.05) is 0 Å². The Hall–Kier alpha value is -6.72. The lowest BCUT2D eigenvalue weighted by Crippen LogP contribution is -2.01. The molecule has 49 heavy (non-hydrogen) atoms. The Morgan fingerprint density at radius 1 is 0.388 bits per heavy atom. The summed E-state index contributed by atoms with van der Waals surface area (Å²) in [6, 6.07) is 52.1. The van der Waals surface area contributed by atoms with E-state index in [0.29, 0.717) is 17.5 Å². The van der Waals surface area contributed by atoms with Crippen LogP contribution in [0.4, 0.5) is 0 Å². The highest BCUT2D eigenvalue weighted by molar-refractivity contribution is 6.17. The summed E-state index contributed by atoms with van der Waals surface area (Å²) in [6.07, 6.45) is 1.83. The summed E-state index contributed by atoms with van der Waals surface area (Å²) < 4.78 is 6.40. The molecule has 5 nitrogen and oxygen atoms in total. The van der Waals surface area contributed by atoms with Gasteiger partial charge in [0.1, 0.15) is 11.2 Å². The first-order valence-electron chi connectivity index (χ1n) is 16.3. The molecule has 0 aliphatic heterocycles. The molecule has 0 radical (unpaired) electrons. The maximum Gasteiger partial charge on any atom is 0.164 e. The third-order valence-corrected chi connectivity index (χ3v) is 9.35. The van der Waals surface area contributed by atoms with E-state index in [9.17, 15) is 0 Å². The maximum absolute atomic E-state index is 6.40. The Labute approximate surface area is 281 Å². The number of aromatic nitrogens is 4. The third-order valence-electron chi connectivity index (χ3n) is 9.35. The van der Waals surface area contributed by atoms with Gasteiger partial charge in [-0.1, -0.05) is 121 Å². The molecule has 5 heteroatoms. The molecule has 0 saturated carbocycles. The summed E-state index contributed by atoms with van der Waals surface area (Å²) in [5.41, 5.74) is 6.37. The molecule has 3 aromatic heterocycles. The molecular weight excluding hydrogens is 601 g/mol. The molecule has 0 saturated heterocycles. The average molecular weight is 627 g/mol. The Morgan fingerprint density at radius 2 is 1.00 bits per heavy atom. The van der Waals surface area contributed by atoms with Crippen LogP contribution in [-0.2, 0) is 0 Å². The van der Waals surface area contributed by atoms with Gasteiger partial charge in [0.25, 0.3) is 0 Å². The van der Waals surface area contributed by atoms with Gasteiger partial charge >= 0.3 is 0 Å². The zero-order valence-electron chi connectivity index (χ0n) is 26.2. The van der Waals surface area contributed by atoms with Crippen LogP contribution in [0.15, 0.2) is 162 Å². The van der Waals surface area contributed by atoms with Crippen molar-refractivity contribution >= 4 is 54.3 Å². The zero-order chi connectivity index (χ0) is 32.3. The number of pyridine rings is 1. The highest BCUT2D eigenvalue weighted by atomic mass is 16.3. The molecule has 0 aliphatic rings. The second kappa shape index (κ2) is 10.9. The number of hydrogen-bond acceptors (Lipinski definition) is 5. The number of nitrogens with zero attached hydrogens (tertiary/aromatic N) is 4. The van der Waals surface area contributed by atoms with Crippen molar-refractivity contribution in [3.63, 3.8) is 0 Å². The van der Waals surface area contributed by atoms with Gasteiger partial charge in [-0.2, -0.15) is 0 Å². The van der Waals surface area contributed by atoms with Crippen molar-refractivity contribution in [3.8, 4) is 45.4 Å². The Bertz CT molecular complexity index is 2890. The summed E-state index contributed by atoms with van der Waals surface area (Å²) in [5.74, 6) is 1.88. The highest BCUT2D eigenvalue weighted by Crippen LogP contribution is 2.41. The minimum Gasteiger partial charge on any atom is -0.456 e. The Kier molecular flexibility index (Phi) is 6.11. The van der Waals surface area contributed by atoms with Crippen LogP contribution >= 0.6 is 0 Å². The molecule has 228 valence electrons. The Balaban J connectivity index is 1.19. The van der Waals surface area contributed by atoms with Crippen LogP contribution in [0.1, 0.15) is 0 Å². The van der Waals surface area contributed by atoms with Crippen LogP contribution in [0.3, 0.4) is 0 Å². The topological polar surface area (TPSA) is 64.7 Å². The van der Waals surface area contributed by atoms with E-state index in [1.807, 2.05) is 42.6 Å². The molecule has 0 aliphatic carbocycles. The molecule has 0 bridgehead atoms. The number of benzene rings is 7.